The first-order valence-electron chi connectivity index (χ1n) is 7.53. The van der Waals surface area contributed by atoms with Crippen LogP contribution < -0.4 is 0 Å². The van der Waals surface area contributed by atoms with E-state index in [0.717, 1.165) is 6.54 Å². The number of aryl methyl sites for hydroxylation is 1. The van der Waals surface area contributed by atoms with Gasteiger partial charge in [0.15, 0.2) is 0 Å². The van der Waals surface area contributed by atoms with E-state index < -0.39 is 0 Å². The van der Waals surface area contributed by atoms with Crippen LogP contribution in [0, 0.1) is 5.92 Å². The average Bonchev–Trinajstić information content (AvgIpc) is 2.47. The minimum Gasteiger partial charge on any atom is -0.309 e. The van der Waals surface area contributed by atoms with Crippen LogP contribution in [0.2, 0.25) is 0 Å². The molecule has 2 atom stereocenters. The molecule has 0 radical (unpaired) electrons. The van der Waals surface area contributed by atoms with Crippen LogP contribution in [-0.2, 0) is 6.42 Å². The van der Waals surface area contributed by atoms with Crippen LogP contribution in [0.25, 0.3) is 0 Å². The van der Waals surface area contributed by atoms with E-state index in [2.05, 4.69) is 73.6 Å². The number of hydrogen-bond donors (Lipinski definition) is 0. The molecular weight excluding hydrogens is 242 g/mol. The van der Waals surface area contributed by atoms with Gasteiger partial charge in [0.1, 0.15) is 0 Å². The van der Waals surface area contributed by atoms with Gasteiger partial charge in [0.2, 0.25) is 0 Å². The van der Waals surface area contributed by atoms with E-state index >= 15 is 0 Å². The second-order valence-corrected chi connectivity index (χ2v) is 6.15. The molecule has 0 bridgehead atoms. The van der Waals surface area contributed by atoms with Crippen LogP contribution in [0.1, 0.15) is 29.0 Å². The van der Waals surface area contributed by atoms with E-state index in [9.17, 15) is 0 Å². The van der Waals surface area contributed by atoms with E-state index in [1.807, 2.05) is 0 Å². The molecule has 3 rings (SSSR count). The Bertz CT molecular complexity index is 559. The molecule has 20 heavy (non-hydrogen) atoms. The molecule has 1 nitrogen and oxygen atoms in total. The molecule has 0 saturated carbocycles. The molecule has 1 aliphatic rings. The molecule has 2 unspecified atom stereocenters. The van der Waals surface area contributed by atoms with Crippen molar-refractivity contribution < 1.29 is 0 Å². The lowest BCUT2D eigenvalue weighted by Gasteiger charge is -2.35. The predicted octanol–water partition coefficient (Wildman–Crippen LogP) is 3.94. The summed E-state index contributed by atoms with van der Waals surface area (Å²) in [6.07, 6.45) is 2.51. The van der Waals surface area contributed by atoms with Crippen molar-refractivity contribution in [1.29, 1.82) is 0 Å². The topological polar surface area (TPSA) is 3.24 Å². The van der Waals surface area contributed by atoms with Crippen LogP contribution in [0.4, 0.5) is 0 Å². The van der Waals surface area contributed by atoms with Crippen LogP contribution >= 0.6 is 0 Å². The van der Waals surface area contributed by atoms with Gasteiger partial charge in [0, 0.05) is 12.5 Å². The molecule has 0 N–H and O–H groups in total. The van der Waals surface area contributed by atoms with Gasteiger partial charge in [-0.3, -0.25) is 0 Å². The minimum atomic E-state index is 0.545. The molecule has 0 aromatic heterocycles. The predicted molar refractivity (Wildman–Crippen MR) is 85.1 cm³/mol. The van der Waals surface area contributed by atoms with Crippen molar-refractivity contribution in [3.05, 3.63) is 71.3 Å². The Morgan fingerprint density at radius 2 is 1.65 bits per heavy atom. The number of nitrogens with zero attached hydrogens (tertiary/aromatic N) is 1. The van der Waals surface area contributed by atoms with Gasteiger partial charge in [-0.05, 0) is 49.5 Å². The van der Waals surface area contributed by atoms with E-state index in [1.165, 1.54) is 29.5 Å². The Morgan fingerprint density at radius 1 is 0.950 bits per heavy atom. The minimum absolute atomic E-state index is 0.545. The summed E-state index contributed by atoms with van der Waals surface area (Å²) in [5.41, 5.74) is 4.54. The Morgan fingerprint density at radius 3 is 2.40 bits per heavy atom. The van der Waals surface area contributed by atoms with Crippen molar-refractivity contribution in [2.75, 3.05) is 20.6 Å². The fraction of sp³-hybridized carbons (Fsp3) is 0.368. The summed E-state index contributed by atoms with van der Waals surface area (Å²) in [7, 11) is 4.37. The second-order valence-electron chi connectivity index (χ2n) is 6.15. The lowest BCUT2D eigenvalue weighted by Crippen LogP contribution is -2.30. The monoisotopic (exact) mass is 265 g/mol. The van der Waals surface area contributed by atoms with Crippen LogP contribution in [0.3, 0.4) is 0 Å². The van der Waals surface area contributed by atoms with Gasteiger partial charge >= 0.3 is 0 Å². The van der Waals surface area contributed by atoms with Crippen molar-refractivity contribution in [2.45, 2.75) is 18.8 Å². The third-order valence-electron chi connectivity index (χ3n) is 4.40. The maximum Gasteiger partial charge on any atom is 0.0133 e. The normalized spacial score (nSPS) is 21.8. The van der Waals surface area contributed by atoms with Crippen LogP contribution in [-0.4, -0.2) is 25.5 Å². The fourth-order valence-electron chi connectivity index (χ4n) is 3.60. The van der Waals surface area contributed by atoms with E-state index in [0.29, 0.717) is 11.8 Å². The van der Waals surface area contributed by atoms with Gasteiger partial charge < -0.3 is 4.90 Å². The zero-order chi connectivity index (χ0) is 13.9. The number of rotatable bonds is 3. The SMILES string of the molecule is CN(C)CC1CCc2ccccc2C1c1ccccc1. The smallest absolute Gasteiger partial charge is 0.0133 e. The van der Waals surface area contributed by atoms with E-state index in [4.69, 9.17) is 0 Å². The molecule has 1 aliphatic carbocycles. The molecule has 0 amide bonds. The van der Waals surface area contributed by atoms with Gasteiger partial charge in [-0.15, -0.1) is 0 Å². The Kier molecular flexibility index (Phi) is 3.88. The van der Waals surface area contributed by atoms with Gasteiger partial charge in [0.25, 0.3) is 0 Å². The number of hydrogen-bond acceptors (Lipinski definition) is 1. The van der Waals surface area contributed by atoms with Crippen molar-refractivity contribution in [1.82, 2.24) is 4.90 Å². The van der Waals surface area contributed by atoms with Gasteiger partial charge in [-0.2, -0.15) is 0 Å². The highest BCUT2D eigenvalue weighted by atomic mass is 15.1. The van der Waals surface area contributed by atoms with E-state index in [-0.39, 0.29) is 0 Å². The lowest BCUT2D eigenvalue weighted by molar-refractivity contribution is 0.282. The molecule has 2 aromatic carbocycles. The Hall–Kier alpha value is -1.60. The molecular formula is C19H23N. The third kappa shape index (κ3) is 2.64. The third-order valence-corrected chi connectivity index (χ3v) is 4.40. The number of fused-ring (bicyclic) bond motifs is 1. The largest absolute Gasteiger partial charge is 0.309 e. The van der Waals surface area contributed by atoms with Crippen LogP contribution in [0.15, 0.2) is 54.6 Å². The van der Waals surface area contributed by atoms with Crippen molar-refractivity contribution >= 4 is 0 Å². The average molecular weight is 265 g/mol. The highest BCUT2D eigenvalue weighted by Gasteiger charge is 2.30. The molecule has 0 heterocycles. The molecule has 104 valence electrons. The molecule has 1 heteroatoms. The molecule has 0 spiro atoms. The highest BCUT2D eigenvalue weighted by molar-refractivity contribution is 5.40. The summed E-state index contributed by atoms with van der Waals surface area (Å²) >= 11 is 0. The summed E-state index contributed by atoms with van der Waals surface area (Å²) in [6.45, 7) is 1.16. The maximum atomic E-state index is 2.33. The first-order valence-corrected chi connectivity index (χ1v) is 7.53. The summed E-state index contributed by atoms with van der Waals surface area (Å²) in [4.78, 5) is 2.33. The number of benzene rings is 2. The fourth-order valence-corrected chi connectivity index (χ4v) is 3.60. The highest BCUT2D eigenvalue weighted by Crippen LogP contribution is 2.40. The quantitative estimate of drug-likeness (QED) is 0.812. The zero-order valence-corrected chi connectivity index (χ0v) is 12.4. The first-order chi connectivity index (χ1) is 9.75. The van der Waals surface area contributed by atoms with E-state index in [1.54, 1.807) is 0 Å². The second kappa shape index (κ2) is 5.80. The van der Waals surface area contributed by atoms with Crippen molar-refractivity contribution in [3.8, 4) is 0 Å². The molecule has 0 aliphatic heterocycles. The molecule has 0 fully saturated rings. The summed E-state index contributed by atoms with van der Waals surface area (Å²) in [6, 6.07) is 20.0. The Balaban J connectivity index is 2.03. The zero-order valence-electron chi connectivity index (χ0n) is 12.4. The Labute approximate surface area is 122 Å². The van der Waals surface area contributed by atoms with Gasteiger partial charge in [-0.25, -0.2) is 0 Å². The summed E-state index contributed by atoms with van der Waals surface area (Å²) < 4.78 is 0. The summed E-state index contributed by atoms with van der Waals surface area (Å²) in [5.74, 6) is 1.26. The standard InChI is InChI=1S/C19H23N/c1-20(2)14-17-13-12-15-8-6-7-11-18(15)19(17)16-9-4-3-5-10-16/h3-11,17,19H,12-14H2,1-2H3. The molecule has 2 aromatic rings. The van der Waals surface area contributed by atoms with Crippen molar-refractivity contribution in [2.24, 2.45) is 5.92 Å². The summed E-state index contributed by atoms with van der Waals surface area (Å²) in [5, 5.41) is 0. The van der Waals surface area contributed by atoms with Gasteiger partial charge in [0.05, 0.1) is 0 Å². The lowest BCUT2D eigenvalue weighted by atomic mass is 9.71. The maximum absolute atomic E-state index is 2.33. The first kappa shape index (κ1) is 13.4. The van der Waals surface area contributed by atoms with Gasteiger partial charge in [-0.1, -0.05) is 54.6 Å². The van der Waals surface area contributed by atoms with Crippen molar-refractivity contribution in [3.63, 3.8) is 0 Å². The van der Waals surface area contributed by atoms with Crippen LogP contribution in [0.5, 0.6) is 0 Å². The molecule has 0 saturated heterocycles.